The highest BCUT2D eigenvalue weighted by Crippen LogP contribution is 2.20. The van der Waals surface area contributed by atoms with Gasteiger partial charge in [0.1, 0.15) is 5.76 Å². The smallest absolute Gasteiger partial charge is 0.311 e. The molecule has 0 fully saturated rings. The first kappa shape index (κ1) is 11.1. The summed E-state index contributed by atoms with van der Waals surface area (Å²) in [6.07, 6.45) is 3.05. The van der Waals surface area contributed by atoms with Gasteiger partial charge in [-0.2, -0.15) is 0 Å². The van der Waals surface area contributed by atoms with Crippen molar-refractivity contribution >= 4 is 11.5 Å². The van der Waals surface area contributed by atoms with Crippen LogP contribution in [0.4, 0.5) is 11.5 Å². The average Bonchev–Trinajstić information content (AvgIpc) is 2.73. The minimum Gasteiger partial charge on any atom is -0.444 e. The van der Waals surface area contributed by atoms with Crippen molar-refractivity contribution in [3.63, 3.8) is 0 Å². The maximum atomic E-state index is 10.7. The van der Waals surface area contributed by atoms with Crippen LogP contribution in [0.1, 0.15) is 11.7 Å². The molecule has 1 N–H and O–H groups in total. The normalized spacial score (nSPS) is 10.2. The summed E-state index contributed by atoms with van der Waals surface area (Å²) >= 11 is 0. The number of anilines is 1. The van der Waals surface area contributed by atoms with E-state index in [-0.39, 0.29) is 11.5 Å². The summed E-state index contributed by atoms with van der Waals surface area (Å²) < 4.78 is 5.23. The zero-order chi connectivity index (χ0) is 12.3. The predicted molar refractivity (Wildman–Crippen MR) is 59.5 cm³/mol. The Bertz CT molecular complexity index is 538. The number of aryl methyl sites for hydroxylation is 1. The molecule has 0 unspecified atom stereocenters. The van der Waals surface area contributed by atoms with Crippen molar-refractivity contribution in [2.45, 2.75) is 13.5 Å². The van der Waals surface area contributed by atoms with Gasteiger partial charge in [0, 0.05) is 19.2 Å². The van der Waals surface area contributed by atoms with Crippen molar-refractivity contribution in [2.24, 2.45) is 0 Å². The molecule has 0 radical (unpaired) electrons. The van der Waals surface area contributed by atoms with Crippen LogP contribution in [0.2, 0.25) is 0 Å². The Labute approximate surface area is 96.7 Å². The van der Waals surface area contributed by atoms with Gasteiger partial charge in [-0.05, 0) is 6.07 Å². The lowest BCUT2D eigenvalue weighted by atomic mass is 10.4. The number of pyridine rings is 1. The Balaban J connectivity index is 2.11. The molecule has 2 heterocycles. The molecule has 7 heteroatoms. The number of nitrogens with one attached hydrogen (secondary N) is 1. The number of rotatable bonds is 4. The van der Waals surface area contributed by atoms with Crippen molar-refractivity contribution in [3.05, 3.63) is 46.3 Å². The Morgan fingerprint density at radius 2 is 2.35 bits per heavy atom. The van der Waals surface area contributed by atoms with E-state index in [1.54, 1.807) is 13.1 Å². The summed E-state index contributed by atoms with van der Waals surface area (Å²) in [6.45, 7) is 2.03. The standard InChI is InChI=1S/C10H10N4O3/c1-7-12-5-8(17-7)6-13-10-9(14(15)16)3-2-4-11-10/h2-5H,6H2,1H3,(H,11,13). The minimum atomic E-state index is -0.485. The van der Waals surface area contributed by atoms with Crippen LogP contribution >= 0.6 is 0 Å². The lowest BCUT2D eigenvalue weighted by molar-refractivity contribution is -0.384. The number of hydrogen-bond donors (Lipinski definition) is 1. The number of oxazole rings is 1. The molecule has 0 aromatic carbocycles. The first-order valence-corrected chi connectivity index (χ1v) is 4.91. The largest absolute Gasteiger partial charge is 0.444 e. The summed E-state index contributed by atoms with van der Waals surface area (Å²) in [5.41, 5.74) is -0.0660. The summed E-state index contributed by atoms with van der Waals surface area (Å²) in [7, 11) is 0. The van der Waals surface area contributed by atoms with Gasteiger partial charge < -0.3 is 9.73 Å². The molecular formula is C10H10N4O3. The van der Waals surface area contributed by atoms with E-state index in [4.69, 9.17) is 4.42 Å². The van der Waals surface area contributed by atoms with E-state index in [1.807, 2.05) is 0 Å². The minimum absolute atomic E-state index is 0.0660. The number of nitro groups is 1. The van der Waals surface area contributed by atoms with E-state index < -0.39 is 4.92 Å². The fraction of sp³-hybridized carbons (Fsp3) is 0.200. The Kier molecular flexibility index (Phi) is 2.99. The summed E-state index contributed by atoms with van der Waals surface area (Å²) in [6, 6.07) is 2.91. The lowest BCUT2D eigenvalue weighted by Crippen LogP contribution is -2.03. The van der Waals surface area contributed by atoms with E-state index in [0.29, 0.717) is 18.2 Å². The highest BCUT2D eigenvalue weighted by atomic mass is 16.6. The molecule has 2 aromatic rings. The van der Waals surface area contributed by atoms with Crippen molar-refractivity contribution in [1.29, 1.82) is 0 Å². The summed E-state index contributed by atoms with van der Waals surface area (Å²) in [5, 5.41) is 13.6. The van der Waals surface area contributed by atoms with Crippen LogP contribution in [-0.4, -0.2) is 14.9 Å². The highest BCUT2D eigenvalue weighted by Gasteiger charge is 2.13. The van der Waals surface area contributed by atoms with Crippen LogP contribution in [0.3, 0.4) is 0 Å². The molecule has 0 spiro atoms. The van der Waals surface area contributed by atoms with Crippen LogP contribution in [0.25, 0.3) is 0 Å². The van der Waals surface area contributed by atoms with E-state index in [1.165, 1.54) is 18.3 Å². The summed E-state index contributed by atoms with van der Waals surface area (Å²) in [5.74, 6) is 1.37. The van der Waals surface area contributed by atoms with Crippen molar-refractivity contribution in [1.82, 2.24) is 9.97 Å². The Morgan fingerprint density at radius 1 is 1.53 bits per heavy atom. The molecule has 0 atom stereocenters. The highest BCUT2D eigenvalue weighted by molar-refractivity contribution is 5.54. The quantitative estimate of drug-likeness (QED) is 0.641. The van der Waals surface area contributed by atoms with Gasteiger partial charge in [0.25, 0.3) is 0 Å². The molecule has 17 heavy (non-hydrogen) atoms. The third kappa shape index (κ3) is 2.57. The monoisotopic (exact) mass is 234 g/mol. The first-order chi connectivity index (χ1) is 8.16. The number of nitrogens with zero attached hydrogens (tertiary/aromatic N) is 3. The zero-order valence-electron chi connectivity index (χ0n) is 9.08. The van der Waals surface area contributed by atoms with Crippen LogP contribution in [0, 0.1) is 17.0 Å². The fourth-order valence-electron chi connectivity index (χ4n) is 1.34. The SMILES string of the molecule is Cc1ncc(CNc2ncccc2[N+](=O)[O-])o1. The Morgan fingerprint density at radius 3 is 3.00 bits per heavy atom. The molecule has 88 valence electrons. The van der Waals surface area contributed by atoms with Gasteiger partial charge in [0.2, 0.25) is 5.82 Å². The molecule has 0 saturated carbocycles. The third-order valence-electron chi connectivity index (χ3n) is 2.08. The second-order valence-corrected chi connectivity index (χ2v) is 3.33. The molecule has 7 nitrogen and oxygen atoms in total. The maximum absolute atomic E-state index is 10.7. The lowest BCUT2D eigenvalue weighted by Gasteiger charge is -2.03. The van der Waals surface area contributed by atoms with Gasteiger partial charge >= 0.3 is 5.69 Å². The second-order valence-electron chi connectivity index (χ2n) is 3.33. The van der Waals surface area contributed by atoms with Gasteiger partial charge in [0.15, 0.2) is 5.89 Å². The van der Waals surface area contributed by atoms with Gasteiger partial charge in [-0.1, -0.05) is 0 Å². The van der Waals surface area contributed by atoms with Crippen molar-refractivity contribution in [3.8, 4) is 0 Å². The fourth-order valence-corrected chi connectivity index (χ4v) is 1.34. The molecule has 0 aliphatic rings. The van der Waals surface area contributed by atoms with Crippen molar-refractivity contribution in [2.75, 3.05) is 5.32 Å². The van der Waals surface area contributed by atoms with Gasteiger partial charge in [-0.3, -0.25) is 10.1 Å². The second kappa shape index (κ2) is 4.60. The molecule has 0 bridgehead atoms. The zero-order valence-corrected chi connectivity index (χ0v) is 9.08. The van der Waals surface area contributed by atoms with Crippen LogP contribution in [0.5, 0.6) is 0 Å². The predicted octanol–water partition coefficient (Wildman–Crippen LogP) is 1.90. The topological polar surface area (TPSA) is 94.1 Å². The van der Waals surface area contributed by atoms with Crippen LogP contribution < -0.4 is 5.32 Å². The van der Waals surface area contributed by atoms with E-state index in [2.05, 4.69) is 15.3 Å². The van der Waals surface area contributed by atoms with E-state index in [0.717, 1.165) is 0 Å². The number of hydrogen-bond acceptors (Lipinski definition) is 6. The van der Waals surface area contributed by atoms with Crippen molar-refractivity contribution < 1.29 is 9.34 Å². The molecule has 0 aliphatic heterocycles. The molecule has 0 amide bonds. The molecule has 0 saturated heterocycles. The molecule has 2 aromatic heterocycles. The van der Waals surface area contributed by atoms with Crippen LogP contribution in [0.15, 0.2) is 28.9 Å². The maximum Gasteiger partial charge on any atom is 0.311 e. The van der Waals surface area contributed by atoms with Gasteiger partial charge in [-0.25, -0.2) is 9.97 Å². The first-order valence-electron chi connectivity index (χ1n) is 4.91. The molecule has 0 aliphatic carbocycles. The molecular weight excluding hydrogens is 224 g/mol. The third-order valence-corrected chi connectivity index (χ3v) is 2.08. The average molecular weight is 234 g/mol. The van der Waals surface area contributed by atoms with Crippen LogP contribution in [-0.2, 0) is 6.54 Å². The van der Waals surface area contributed by atoms with E-state index >= 15 is 0 Å². The molecule has 2 rings (SSSR count). The van der Waals surface area contributed by atoms with Gasteiger partial charge in [-0.15, -0.1) is 0 Å². The number of aromatic nitrogens is 2. The van der Waals surface area contributed by atoms with Gasteiger partial charge in [0.05, 0.1) is 17.7 Å². The summed E-state index contributed by atoms with van der Waals surface area (Å²) in [4.78, 5) is 18.1. The van der Waals surface area contributed by atoms with E-state index in [9.17, 15) is 10.1 Å². The Hall–Kier alpha value is -2.44.